The summed E-state index contributed by atoms with van der Waals surface area (Å²) in [6, 6.07) is 6.06. The summed E-state index contributed by atoms with van der Waals surface area (Å²) < 4.78 is 101. The maximum Gasteiger partial charge on any atom is 0.573 e. The predicted octanol–water partition coefficient (Wildman–Crippen LogP) is 8.02. The van der Waals surface area contributed by atoms with Crippen LogP contribution in [0.1, 0.15) is 73.3 Å². The molecule has 2 heterocycles. The number of fused-ring (bicyclic) bond motifs is 1. The number of carbonyl (C=O) groups is 1. The van der Waals surface area contributed by atoms with E-state index in [4.69, 9.17) is 0 Å². The molecule has 0 unspecified atom stereocenters. The Kier molecular flexibility index (Phi) is 8.40. The summed E-state index contributed by atoms with van der Waals surface area (Å²) in [6.45, 7) is 5.10. The van der Waals surface area contributed by atoms with E-state index in [9.17, 15) is 40.6 Å². The van der Waals surface area contributed by atoms with Gasteiger partial charge in [0.15, 0.2) is 11.5 Å². The average Bonchev–Trinajstić information content (AvgIpc) is 3.24. The summed E-state index contributed by atoms with van der Waals surface area (Å²) in [7, 11) is 0. The van der Waals surface area contributed by atoms with Crippen molar-refractivity contribution in [2.24, 2.45) is 5.92 Å². The molecule has 0 bridgehead atoms. The second-order valence-corrected chi connectivity index (χ2v) is 11.3. The highest BCUT2D eigenvalue weighted by atomic mass is 19.4. The van der Waals surface area contributed by atoms with Gasteiger partial charge in [0.2, 0.25) is 5.82 Å². The minimum absolute atomic E-state index is 0.00115. The molecule has 1 aliphatic rings. The topological polar surface area (TPSA) is 102 Å². The van der Waals surface area contributed by atoms with Gasteiger partial charge >= 0.3 is 18.5 Å². The van der Waals surface area contributed by atoms with Crippen molar-refractivity contribution < 1.29 is 45.4 Å². The molecule has 240 valence electrons. The van der Waals surface area contributed by atoms with Crippen molar-refractivity contribution >= 4 is 23.0 Å². The first-order chi connectivity index (χ1) is 21.0. The number of nitrogens with zero attached hydrogens (tertiary/aromatic N) is 4. The van der Waals surface area contributed by atoms with E-state index in [1.165, 1.54) is 16.7 Å². The molecule has 1 atom stereocenters. The number of imidazole rings is 1. The number of halogens is 7. The second kappa shape index (κ2) is 11.8. The van der Waals surface area contributed by atoms with E-state index in [-0.39, 0.29) is 58.4 Å². The minimum Gasteiger partial charge on any atom is -0.475 e. The van der Waals surface area contributed by atoms with Crippen LogP contribution in [0.15, 0.2) is 36.4 Å². The van der Waals surface area contributed by atoms with Gasteiger partial charge in [-0.3, -0.25) is 0 Å². The maximum atomic E-state index is 14.6. The van der Waals surface area contributed by atoms with Crippen LogP contribution in [0.3, 0.4) is 0 Å². The molecule has 1 aliphatic carbocycles. The van der Waals surface area contributed by atoms with E-state index >= 15 is 0 Å². The fraction of sp³-hybridized carbons (Fsp3) is 0.400. The van der Waals surface area contributed by atoms with Gasteiger partial charge < -0.3 is 19.7 Å². The Morgan fingerprint density at radius 1 is 1.04 bits per heavy atom. The largest absolute Gasteiger partial charge is 0.573 e. The SMILES string of the molecule is CC(C)c1ccc(OC(F)(F)F)c(-c2nc3nc(C(=O)O)nc(N[C@H](C)C4CCC4)c3n2Cc2ccc(C(F)(F)F)c(F)c2)c1. The number of hydrogen-bond acceptors (Lipinski definition) is 6. The zero-order chi connectivity index (χ0) is 32.8. The van der Waals surface area contributed by atoms with Crippen LogP contribution in [0.5, 0.6) is 5.75 Å². The lowest BCUT2D eigenvalue weighted by Gasteiger charge is -2.32. The maximum absolute atomic E-state index is 14.6. The first-order valence-electron chi connectivity index (χ1n) is 14.1. The number of rotatable bonds is 9. The molecule has 1 saturated carbocycles. The fourth-order valence-corrected chi connectivity index (χ4v) is 5.23. The summed E-state index contributed by atoms with van der Waals surface area (Å²) in [6.07, 6.45) is -7.23. The number of anilines is 1. The summed E-state index contributed by atoms with van der Waals surface area (Å²) >= 11 is 0. The van der Waals surface area contributed by atoms with Crippen LogP contribution in [-0.2, 0) is 12.7 Å². The molecule has 2 N–H and O–H groups in total. The van der Waals surface area contributed by atoms with E-state index in [1.54, 1.807) is 0 Å². The quantitative estimate of drug-likeness (QED) is 0.179. The Labute approximate surface area is 252 Å². The van der Waals surface area contributed by atoms with Crippen LogP contribution in [0, 0.1) is 11.7 Å². The van der Waals surface area contributed by atoms with Crippen molar-refractivity contribution in [3.8, 4) is 17.1 Å². The van der Waals surface area contributed by atoms with E-state index in [1.807, 2.05) is 20.8 Å². The molecular formula is C30H28F7N5O3. The van der Waals surface area contributed by atoms with Gasteiger partial charge in [-0.1, -0.05) is 32.4 Å². The van der Waals surface area contributed by atoms with Crippen molar-refractivity contribution in [2.75, 3.05) is 5.32 Å². The lowest BCUT2D eigenvalue weighted by atomic mass is 9.80. The molecule has 4 aromatic rings. The number of aromatic nitrogens is 4. The number of ether oxygens (including phenoxy) is 1. The summed E-state index contributed by atoms with van der Waals surface area (Å²) in [4.78, 5) is 24.6. The van der Waals surface area contributed by atoms with Crippen LogP contribution < -0.4 is 10.1 Å². The zero-order valence-electron chi connectivity index (χ0n) is 24.2. The third-order valence-electron chi connectivity index (χ3n) is 7.83. The first-order valence-corrected chi connectivity index (χ1v) is 14.1. The highest BCUT2D eigenvalue weighted by Gasteiger charge is 2.35. The van der Waals surface area contributed by atoms with Gasteiger partial charge in [-0.15, -0.1) is 13.2 Å². The van der Waals surface area contributed by atoms with Gasteiger partial charge in [0.1, 0.15) is 22.9 Å². The van der Waals surface area contributed by atoms with Crippen LogP contribution in [0.25, 0.3) is 22.6 Å². The Morgan fingerprint density at radius 3 is 2.31 bits per heavy atom. The van der Waals surface area contributed by atoms with Gasteiger partial charge in [-0.2, -0.15) is 13.2 Å². The number of aromatic carboxylic acids is 1. The second-order valence-electron chi connectivity index (χ2n) is 11.3. The molecular weight excluding hydrogens is 611 g/mol. The Hall–Kier alpha value is -4.43. The molecule has 5 rings (SSSR count). The van der Waals surface area contributed by atoms with Crippen LogP contribution >= 0.6 is 0 Å². The van der Waals surface area contributed by atoms with Crippen molar-refractivity contribution in [3.63, 3.8) is 0 Å². The lowest BCUT2D eigenvalue weighted by Crippen LogP contribution is -2.31. The number of benzene rings is 2. The predicted molar refractivity (Wildman–Crippen MR) is 149 cm³/mol. The molecule has 2 aromatic carbocycles. The number of alkyl halides is 6. The third-order valence-corrected chi connectivity index (χ3v) is 7.83. The summed E-state index contributed by atoms with van der Waals surface area (Å²) in [5.74, 6) is -4.39. The fourth-order valence-electron chi connectivity index (χ4n) is 5.23. The molecule has 45 heavy (non-hydrogen) atoms. The monoisotopic (exact) mass is 639 g/mol. The van der Waals surface area contributed by atoms with Crippen molar-refractivity contribution in [3.05, 3.63) is 64.7 Å². The molecule has 2 aromatic heterocycles. The smallest absolute Gasteiger partial charge is 0.475 e. The summed E-state index contributed by atoms with van der Waals surface area (Å²) in [5, 5.41) is 12.9. The third kappa shape index (κ3) is 6.81. The molecule has 15 heteroatoms. The molecule has 0 spiro atoms. The van der Waals surface area contributed by atoms with Crippen LogP contribution in [0.4, 0.5) is 36.6 Å². The number of carboxylic acids is 1. The molecule has 0 radical (unpaired) electrons. The normalized spacial score (nSPS) is 14.9. The van der Waals surface area contributed by atoms with Crippen LogP contribution in [-0.4, -0.2) is 43.0 Å². The number of nitrogens with one attached hydrogen (secondary N) is 1. The van der Waals surface area contributed by atoms with Crippen molar-refractivity contribution in [1.82, 2.24) is 19.5 Å². The molecule has 0 aliphatic heterocycles. The van der Waals surface area contributed by atoms with Gasteiger partial charge in [-0.25, -0.2) is 24.1 Å². The van der Waals surface area contributed by atoms with Crippen molar-refractivity contribution in [1.29, 1.82) is 0 Å². The first kappa shape index (κ1) is 32.0. The Morgan fingerprint density at radius 2 is 1.76 bits per heavy atom. The molecule has 0 amide bonds. The Bertz CT molecular complexity index is 1750. The molecule has 1 fully saturated rings. The standard InChI is InChI=1S/C30H28F7N5O3/c1-14(2)18-8-10-22(45-30(35,36)37)19(12-18)27-41-25-23(42(27)13-16-7-9-20(21(31)11-16)29(32,33)34)24(39-26(40-25)28(43)44)38-15(3)17-5-4-6-17/h7-12,14-15,17H,4-6,13H2,1-3H3,(H,43,44)(H,38,39,40)/t15-/m1/s1. The van der Waals surface area contributed by atoms with Crippen molar-refractivity contribution in [2.45, 2.75) is 71.1 Å². The average molecular weight is 640 g/mol. The van der Waals surface area contributed by atoms with Gasteiger partial charge in [0, 0.05) is 12.6 Å². The highest BCUT2D eigenvalue weighted by molar-refractivity contribution is 5.92. The molecule has 0 saturated heterocycles. The minimum atomic E-state index is -5.09. The van der Waals surface area contributed by atoms with E-state index in [0.717, 1.165) is 31.4 Å². The Balaban J connectivity index is 1.78. The summed E-state index contributed by atoms with van der Waals surface area (Å²) in [5.41, 5.74) is -1.17. The van der Waals surface area contributed by atoms with E-state index < -0.39 is 41.5 Å². The van der Waals surface area contributed by atoms with Gasteiger partial charge in [0.25, 0.3) is 0 Å². The highest BCUT2D eigenvalue weighted by Crippen LogP contribution is 2.40. The van der Waals surface area contributed by atoms with Crippen LogP contribution in [0.2, 0.25) is 0 Å². The van der Waals surface area contributed by atoms with Gasteiger partial charge in [0.05, 0.1) is 11.1 Å². The number of hydrogen-bond donors (Lipinski definition) is 2. The number of carboxylic acid groups (broad SMARTS) is 1. The zero-order valence-corrected chi connectivity index (χ0v) is 24.2. The molecule has 8 nitrogen and oxygen atoms in total. The van der Waals surface area contributed by atoms with Gasteiger partial charge in [-0.05, 0) is 67.0 Å². The van der Waals surface area contributed by atoms with E-state index in [0.29, 0.717) is 17.7 Å². The van der Waals surface area contributed by atoms with E-state index in [2.05, 4.69) is 25.0 Å². The lowest BCUT2D eigenvalue weighted by molar-refractivity contribution is -0.274.